The third-order valence-electron chi connectivity index (χ3n) is 2.97. The molecule has 0 nitrogen and oxygen atoms in total. The summed E-state index contributed by atoms with van der Waals surface area (Å²) in [6, 6.07) is 0. The Morgan fingerprint density at radius 3 is 0.629 bits per heavy atom. The molecular formula is C18AlF16-. The maximum absolute atomic E-state index is 12.0. The van der Waals surface area contributed by atoms with Crippen molar-refractivity contribution in [1.29, 1.82) is 0 Å². The van der Waals surface area contributed by atoms with Gasteiger partial charge < -0.3 is 4.70 Å². The van der Waals surface area contributed by atoms with Crippen molar-refractivity contribution in [2.75, 3.05) is 0 Å². The standard InChI is InChI=1S/3C6F5.Al.FH/c3*7-2-1-3(8)5(10)6(11)4(2)9;;/h;;;;1H/p-1. The van der Waals surface area contributed by atoms with E-state index >= 15 is 0 Å². The van der Waals surface area contributed by atoms with Crippen LogP contribution in [0.4, 0.5) is 65.9 Å². The molecule has 0 N–H and O–H groups in total. The first-order valence-corrected chi connectivity index (χ1v) is 7.33. The van der Waals surface area contributed by atoms with Crippen molar-refractivity contribution in [3.05, 3.63) is 106 Å². The third-order valence-corrected chi connectivity index (χ3v) is 2.97. The molecule has 0 aliphatic heterocycles. The zero-order valence-corrected chi connectivity index (χ0v) is 16.8. The lowest BCUT2D eigenvalue weighted by Crippen LogP contribution is -3.00. The molecule has 0 heterocycles. The number of hydrogen-bond acceptors (Lipinski definition) is 0. The van der Waals surface area contributed by atoms with Crippen LogP contribution in [-0.4, -0.2) is 17.4 Å². The maximum atomic E-state index is 12.0. The summed E-state index contributed by atoms with van der Waals surface area (Å²) in [5, 5.41) is 0. The van der Waals surface area contributed by atoms with Crippen LogP contribution in [-0.2, 0) is 0 Å². The molecule has 0 amide bonds. The first-order valence-electron chi connectivity index (χ1n) is 7.33. The third kappa shape index (κ3) is 8.13. The summed E-state index contributed by atoms with van der Waals surface area (Å²) < 4.78 is 180. The fourth-order valence-corrected chi connectivity index (χ4v) is 1.49. The smallest absolute Gasteiger partial charge is 0.270 e. The van der Waals surface area contributed by atoms with Crippen molar-refractivity contribution in [3.8, 4) is 0 Å². The average molecular weight is 547 g/mol. The second-order valence-corrected chi connectivity index (χ2v) is 5.08. The zero-order valence-electron chi connectivity index (χ0n) is 15.6. The van der Waals surface area contributed by atoms with E-state index in [1.807, 2.05) is 0 Å². The van der Waals surface area contributed by atoms with E-state index in [-0.39, 0.29) is 22.1 Å². The summed E-state index contributed by atoms with van der Waals surface area (Å²) in [4.78, 5) is 0. The Morgan fingerprint density at radius 2 is 0.457 bits per heavy atom. The Morgan fingerprint density at radius 1 is 0.286 bits per heavy atom. The number of halogens is 16. The Bertz CT molecular complexity index is 994. The monoisotopic (exact) mass is 547 g/mol. The van der Waals surface area contributed by atoms with Crippen LogP contribution in [0.15, 0.2) is 87.1 Å². The van der Waals surface area contributed by atoms with Crippen molar-refractivity contribution in [2.24, 2.45) is 0 Å². The lowest BCUT2D eigenvalue weighted by Gasteiger charge is -2.03. The molecule has 17 heteroatoms. The summed E-state index contributed by atoms with van der Waals surface area (Å²) >= 11 is 0. The van der Waals surface area contributed by atoms with Gasteiger partial charge in [0.25, 0.3) is 18.5 Å². The van der Waals surface area contributed by atoms with Gasteiger partial charge in [0.05, 0.1) is 0 Å². The second kappa shape index (κ2) is 13.9. The van der Waals surface area contributed by atoms with Crippen LogP contribution in [0.3, 0.4) is 0 Å². The molecule has 0 bridgehead atoms. The highest BCUT2D eigenvalue weighted by Crippen LogP contribution is 2.37. The van der Waals surface area contributed by atoms with E-state index in [4.69, 9.17) is 0 Å². The highest BCUT2D eigenvalue weighted by Gasteiger charge is 2.32. The van der Waals surface area contributed by atoms with Crippen molar-refractivity contribution >= 4 is 17.4 Å². The van der Waals surface area contributed by atoms with Gasteiger partial charge in [0.2, 0.25) is 35.0 Å². The van der Waals surface area contributed by atoms with Gasteiger partial charge in [0, 0.05) is 17.4 Å². The summed E-state index contributed by atoms with van der Waals surface area (Å²) in [7, 11) is 0. The molecule has 0 aromatic heterocycles. The normalized spacial score (nSPS) is 18.9. The molecule has 3 aliphatic rings. The largest absolute Gasteiger partial charge is 1.00 e. The van der Waals surface area contributed by atoms with Gasteiger partial charge in [-0.2, -0.15) is 39.5 Å². The Hall–Kier alpha value is -2.81. The molecule has 35 heavy (non-hydrogen) atoms. The molecule has 188 valence electrons. The van der Waals surface area contributed by atoms with Crippen LogP contribution in [0, 0.1) is 18.5 Å². The van der Waals surface area contributed by atoms with Crippen LogP contribution in [0.5, 0.6) is 0 Å². The molecule has 0 saturated carbocycles. The minimum Gasteiger partial charge on any atom is -1.00 e. The van der Waals surface area contributed by atoms with Crippen molar-refractivity contribution in [2.45, 2.75) is 0 Å². The van der Waals surface area contributed by atoms with Crippen LogP contribution in [0.1, 0.15) is 0 Å². The van der Waals surface area contributed by atoms with E-state index in [2.05, 4.69) is 0 Å². The fourth-order valence-electron chi connectivity index (χ4n) is 1.49. The molecule has 0 fully saturated rings. The topological polar surface area (TPSA) is 0 Å². The number of rotatable bonds is 0. The Balaban J connectivity index is 0. The van der Waals surface area contributed by atoms with Crippen molar-refractivity contribution < 1.29 is 70.6 Å². The summed E-state index contributed by atoms with van der Waals surface area (Å²) in [6.45, 7) is 0. The van der Waals surface area contributed by atoms with Crippen molar-refractivity contribution in [3.63, 3.8) is 0 Å². The van der Waals surface area contributed by atoms with Gasteiger partial charge in [0.15, 0.2) is 35.0 Å². The van der Waals surface area contributed by atoms with Crippen molar-refractivity contribution in [1.82, 2.24) is 0 Å². The van der Waals surface area contributed by atoms with E-state index in [1.54, 1.807) is 0 Å². The van der Waals surface area contributed by atoms with Gasteiger partial charge in [-0.25, -0.2) is 26.3 Å². The molecule has 0 spiro atoms. The minimum atomic E-state index is -2.17. The molecule has 3 rings (SSSR count). The average Bonchev–Trinajstić information content (AvgIpc) is 2.77. The van der Waals surface area contributed by atoms with Crippen LogP contribution in [0.2, 0.25) is 0 Å². The predicted octanol–water partition coefficient (Wildman–Crippen LogP) is 5.50. The first-order chi connectivity index (χ1) is 15.1. The molecular weight excluding hydrogens is 547 g/mol. The minimum absolute atomic E-state index is 0. The van der Waals surface area contributed by atoms with Gasteiger partial charge >= 0.3 is 0 Å². The summed E-state index contributed by atoms with van der Waals surface area (Å²) in [5.41, 5.74) is 3.07. The maximum Gasteiger partial charge on any atom is 0.270 e. The van der Waals surface area contributed by atoms with Gasteiger partial charge in [-0.3, -0.25) is 0 Å². The quantitative estimate of drug-likeness (QED) is 0.214. The van der Waals surface area contributed by atoms with E-state index in [0.29, 0.717) is 0 Å². The first kappa shape index (κ1) is 34.4. The molecule has 3 aliphatic carbocycles. The van der Waals surface area contributed by atoms with Crippen LogP contribution < -0.4 is 4.70 Å². The summed E-state index contributed by atoms with van der Waals surface area (Å²) in [5.74, 6) is -23.9. The molecule has 0 aromatic rings. The van der Waals surface area contributed by atoms with E-state index < -0.39 is 88.4 Å². The molecule has 6 radical (unpaired) electrons. The van der Waals surface area contributed by atoms with Gasteiger partial charge in [-0.1, -0.05) is 0 Å². The Labute approximate surface area is 194 Å². The second-order valence-electron chi connectivity index (χ2n) is 5.08. The Kier molecular flexibility index (Phi) is 13.7. The zero-order chi connectivity index (χ0) is 25.8. The van der Waals surface area contributed by atoms with E-state index in [1.165, 1.54) is 0 Å². The van der Waals surface area contributed by atoms with Crippen LogP contribution >= 0.6 is 0 Å². The molecule has 0 saturated heterocycles. The van der Waals surface area contributed by atoms with Gasteiger partial charge in [0.1, 0.15) is 0 Å². The summed E-state index contributed by atoms with van der Waals surface area (Å²) in [6.07, 6.45) is -6.20. The number of allylic oxidation sites excluding steroid dienone is 9. The fraction of sp³-hybridized carbons (Fsp3) is 0. The SMILES string of the molecule is F[C]1C(F)=C=C(F)C(F)=C1F.F[C]1C(F)=C=C(F)C(F)=C1F.F[C]1C(F)=C=C(F)C(F)=C1F.[Al].[F-]. The lowest BCUT2D eigenvalue weighted by atomic mass is 10.2. The highest BCUT2D eigenvalue weighted by molar-refractivity contribution is 5.75. The molecule has 0 unspecified atom stereocenters. The predicted molar refractivity (Wildman–Crippen MR) is 84.8 cm³/mol. The van der Waals surface area contributed by atoms with Gasteiger partial charge in [-0.05, 0) is 17.2 Å². The lowest BCUT2D eigenvalue weighted by molar-refractivity contribution is -0.0000145. The highest BCUT2D eigenvalue weighted by atomic mass is 27.0. The van der Waals surface area contributed by atoms with E-state index in [0.717, 1.165) is 17.2 Å². The van der Waals surface area contributed by atoms with Gasteiger partial charge in [-0.15, -0.1) is 0 Å². The number of hydrogen-bond donors (Lipinski definition) is 0. The van der Waals surface area contributed by atoms with E-state index in [9.17, 15) is 65.9 Å². The van der Waals surface area contributed by atoms with Crippen LogP contribution in [0.25, 0.3) is 0 Å². The molecule has 0 atom stereocenters. The molecule has 0 aromatic carbocycles.